The molecule has 0 aliphatic carbocycles. The largest absolute Gasteiger partial charge is 0.395 e. The molecule has 20 heavy (non-hydrogen) atoms. The summed E-state index contributed by atoms with van der Waals surface area (Å²) in [5.41, 5.74) is 13.2. The maximum absolute atomic E-state index is 6.15. The van der Waals surface area contributed by atoms with Gasteiger partial charge in [0.25, 0.3) is 0 Å². The Kier molecular flexibility index (Phi) is 3.56. The van der Waals surface area contributed by atoms with E-state index in [1.807, 2.05) is 11.6 Å². The number of rotatable bonds is 4. The molecule has 3 nitrogen and oxygen atoms in total. The molecular formula is C16H17N3S. The SMILES string of the molecule is Cc1cccc(CCNc2ccc3scnc3c2N)c1. The molecule has 3 rings (SSSR count). The third kappa shape index (κ3) is 2.60. The summed E-state index contributed by atoms with van der Waals surface area (Å²) >= 11 is 1.61. The Balaban J connectivity index is 1.69. The van der Waals surface area contributed by atoms with Crippen LogP contribution in [0.1, 0.15) is 11.1 Å². The second-order valence-electron chi connectivity index (χ2n) is 4.89. The lowest BCUT2D eigenvalue weighted by Crippen LogP contribution is -2.07. The van der Waals surface area contributed by atoms with Crippen molar-refractivity contribution in [1.29, 1.82) is 0 Å². The summed E-state index contributed by atoms with van der Waals surface area (Å²) < 4.78 is 1.13. The monoisotopic (exact) mass is 283 g/mol. The molecule has 102 valence electrons. The molecule has 0 saturated heterocycles. The number of nitrogens with zero attached hydrogens (tertiary/aromatic N) is 1. The van der Waals surface area contributed by atoms with E-state index in [1.165, 1.54) is 11.1 Å². The maximum atomic E-state index is 6.15. The summed E-state index contributed by atoms with van der Waals surface area (Å²) in [5.74, 6) is 0. The predicted octanol–water partition coefficient (Wildman–Crippen LogP) is 3.84. The molecule has 0 aliphatic heterocycles. The van der Waals surface area contributed by atoms with Crippen molar-refractivity contribution in [3.8, 4) is 0 Å². The molecule has 0 aliphatic rings. The lowest BCUT2D eigenvalue weighted by Gasteiger charge is -2.10. The van der Waals surface area contributed by atoms with Gasteiger partial charge in [-0.25, -0.2) is 4.98 Å². The highest BCUT2D eigenvalue weighted by atomic mass is 32.1. The van der Waals surface area contributed by atoms with Gasteiger partial charge in [-0.05, 0) is 31.0 Å². The van der Waals surface area contributed by atoms with E-state index < -0.39 is 0 Å². The Morgan fingerprint density at radius 1 is 1.25 bits per heavy atom. The number of hydrogen-bond acceptors (Lipinski definition) is 4. The van der Waals surface area contributed by atoms with Crippen LogP contribution in [0.2, 0.25) is 0 Å². The Labute approximate surface area is 122 Å². The van der Waals surface area contributed by atoms with Crippen LogP contribution in [0, 0.1) is 6.92 Å². The van der Waals surface area contributed by atoms with Gasteiger partial charge in [0.2, 0.25) is 0 Å². The van der Waals surface area contributed by atoms with Crippen molar-refractivity contribution in [2.75, 3.05) is 17.6 Å². The number of nitrogen functional groups attached to an aromatic ring is 1. The van der Waals surface area contributed by atoms with E-state index in [2.05, 4.69) is 47.6 Å². The molecular weight excluding hydrogens is 266 g/mol. The van der Waals surface area contributed by atoms with Crippen molar-refractivity contribution < 1.29 is 0 Å². The van der Waals surface area contributed by atoms with Gasteiger partial charge in [-0.1, -0.05) is 29.8 Å². The van der Waals surface area contributed by atoms with Gasteiger partial charge in [0.05, 0.1) is 21.6 Å². The molecule has 3 N–H and O–H groups in total. The van der Waals surface area contributed by atoms with Crippen molar-refractivity contribution in [2.24, 2.45) is 0 Å². The minimum atomic E-state index is 0.744. The molecule has 0 fully saturated rings. The fraction of sp³-hybridized carbons (Fsp3) is 0.188. The summed E-state index contributed by atoms with van der Waals surface area (Å²) in [6, 6.07) is 12.7. The molecule has 0 radical (unpaired) electrons. The van der Waals surface area contributed by atoms with Crippen LogP contribution >= 0.6 is 11.3 Å². The summed E-state index contributed by atoms with van der Waals surface area (Å²) in [6.07, 6.45) is 0.982. The minimum absolute atomic E-state index is 0.744. The zero-order chi connectivity index (χ0) is 13.9. The van der Waals surface area contributed by atoms with E-state index in [4.69, 9.17) is 5.73 Å². The van der Waals surface area contributed by atoms with E-state index in [0.29, 0.717) is 0 Å². The first kappa shape index (κ1) is 12.9. The molecule has 0 unspecified atom stereocenters. The van der Waals surface area contributed by atoms with E-state index >= 15 is 0 Å². The fourth-order valence-electron chi connectivity index (χ4n) is 2.32. The number of aryl methyl sites for hydroxylation is 1. The van der Waals surface area contributed by atoms with Crippen LogP contribution in [0.5, 0.6) is 0 Å². The number of aromatic nitrogens is 1. The summed E-state index contributed by atoms with van der Waals surface area (Å²) in [5, 5.41) is 3.40. The molecule has 1 aromatic heterocycles. The lowest BCUT2D eigenvalue weighted by atomic mass is 10.1. The predicted molar refractivity (Wildman–Crippen MR) is 87.4 cm³/mol. The highest BCUT2D eigenvalue weighted by Crippen LogP contribution is 2.29. The fourth-order valence-corrected chi connectivity index (χ4v) is 3.01. The van der Waals surface area contributed by atoms with Gasteiger partial charge in [-0.3, -0.25) is 0 Å². The highest BCUT2D eigenvalue weighted by Gasteiger charge is 2.06. The van der Waals surface area contributed by atoms with Crippen LogP contribution in [0.25, 0.3) is 10.2 Å². The van der Waals surface area contributed by atoms with E-state index in [1.54, 1.807) is 11.3 Å². The quantitative estimate of drug-likeness (QED) is 0.715. The normalized spacial score (nSPS) is 10.8. The van der Waals surface area contributed by atoms with Crippen molar-refractivity contribution in [2.45, 2.75) is 13.3 Å². The first-order valence-corrected chi connectivity index (χ1v) is 7.53. The second kappa shape index (κ2) is 5.51. The Hall–Kier alpha value is -2.07. The van der Waals surface area contributed by atoms with Gasteiger partial charge in [0, 0.05) is 6.54 Å². The minimum Gasteiger partial charge on any atom is -0.395 e. The van der Waals surface area contributed by atoms with E-state index in [0.717, 1.165) is 34.6 Å². The Morgan fingerprint density at radius 2 is 2.15 bits per heavy atom. The highest BCUT2D eigenvalue weighted by molar-refractivity contribution is 7.16. The van der Waals surface area contributed by atoms with Crippen LogP contribution in [0.4, 0.5) is 11.4 Å². The number of nitrogens with one attached hydrogen (secondary N) is 1. The van der Waals surface area contributed by atoms with Crippen molar-refractivity contribution in [3.05, 3.63) is 53.0 Å². The molecule has 0 spiro atoms. The average Bonchev–Trinajstić information content (AvgIpc) is 2.91. The molecule has 4 heteroatoms. The molecule has 1 heterocycles. The van der Waals surface area contributed by atoms with Gasteiger partial charge >= 0.3 is 0 Å². The zero-order valence-corrected chi connectivity index (χ0v) is 12.2. The van der Waals surface area contributed by atoms with Gasteiger partial charge in [-0.15, -0.1) is 11.3 Å². The summed E-state index contributed by atoms with van der Waals surface area (Å²) in [6.45, 7) is 2.98. The standard InChI is InChI=1S/C16H17N3S/c1-11-3-2-4-12(9-11)7-8-18-13-5-6-14-16(15(13)17)19-10-20-14/h2-6,9-10,18H,7-8,17H2,1H3. The average molecular weight is 283 g/mol. The van der Waals surface area contributed by atoms with Crippen LogP contribution in [-0.4, -0.2) is 11.5 Å². The first-order valence-electron chi connectivity index (χ1n) is 6.65. The first-order chi connectivity index (χ1) is 9.74. The number of nitrogens with two attached hydrogens (primary N) is 1. The number of benzene rings is 2. The Bertz CT molecular complexity index is 733. The van der Waals surface area contributed by atoms with E-state index in [-0.39, 0.29) is 0 Å². The van der Waals surface area contributed by atoms with Gasteiger partial charge in [-0.2, -0.15) is 0 Å². The molecule has 0 saturated carbocycles. The molecule has 2 aromatic carbocycles. The van der Waals surface area contributed by atoms with Crippen LogP contribution in [0.3, 0.4) is 0 Å². The third-order valence-electron chi connectivity index (χ3n) is 3.35. The van der Waals surface area contributed by atoms with E-state index in [9.17, 15) is 0 Å². The lowest BCUT2D eigenvalue weighted by molar-refractivity contribution is 1.02. The number of anilines is 2. The summed E-state index contributed by atoms with van der Waals surface area (Å²) in [4.78, 5) is 4.31. The summed E-state index contributed by atoms with van der Waals surface area (Å²) in [7, 11) is 0. The van der Waals surface area contributed by atoms with Crippen molar-refractivity contribution >= 4 is 32.9 Å². The van der Waals surface area contributed by atoms with Crippen molar-refractivity contribution in [1.82, 2.24) is 4.98 Å². The molecule has 0 amide bonds. The zero-order valence-electron chi connectivity index (χ0n) is 11.4. The molecule has 0 atom stereocenters. The third-order valence-corrected chi connectivity index (χ3v) is 4.15. The molecule has 3 aromatic rings. The number of fused-ring (bicyclic) bond motifs is 1. The second-order valence-corrected chi connectivity index (χ2v) is 5.78. The molecule has 0 bridgehead atoms. The smallest absolute Gasteiger partial charge is 0.106 e. The maximum Gasteiger partial charge on any atom is 0.106 e. The van der Waals surface area contributed by atoms with Crippen LogP contribution in [-0.2, 0) is 6.42 Å². The van der Waals surface area contributed by atoms with Crippen LogP contribution in [0.15, 0.2) is 41.9 Å². The Morgan fingerprint density at radius 3 is 3.00 bits per heavy atom. The topological polar surface area (TPSA) is 50.9 Å². The number of thiazole rings is 1. The van der Waals surface area contributed by atoms with Gasteiger partial charge in [0.1, 0.15) is 5.52 Å². The number of hydrogen-bond donors (Lipinski definition) is 2. The van der Waals surface area contributed by atoms with Gasteiger partial charge in [0.15, 0.2) is 0 Å². The van der Waals surface area contributed by atoms with Gasteiger partial charge < -0.3 is 11.1 Å². The van der Waals surface area contributed by atoms with Crippen molar-refractivity contribution in [3.63, 3.8) is 0 Å². The van der Waals surface area contributed by atoms with Crippen LogP contribution < -0.4 is 11.1 Å².